The lowest BCUT2D eigenvalue weighted by atomic mass is 10.2. The maximum Gasteiger partial charge on any atom is 0.124 e. The first-order valence-corrected chi connectivity index (χ1v) is 4.79. The van der Waals surface area contributed by atoms with Gasteiger partial charge in [-0.25, -0.2) is 0 Å². The molecule has 0 radical (unpaired) electrons. The van der Waals surface area contributed by atoms with Gasteiger partial charge in [-0.1, -0.05) is 23.4 Å². The van der Waals surface area contributed by atoms with E-state index >= 15 is 0 Å². The van der Waals surface area contributed by atoms with Crippen LogP contribution in [0.2, 0.25) is 0 Å². The molecule has 78 valence electrons. The largest absolute Gasteiger partial charge is 0.398 e. The first-order valence-electron chi connectivity index (χ1n) is 4.79. The molecule has 0 unspecified atom stereocenters. The Bertz CT molecular complexity index is 412. The Balaban J connectivity index is 1.86. The fourth-order valence-electron chi connectivity index (χ4n) is 1.35. The number of aromatic nitrogens is 1. The van der Waals surface area contributed by atoms with Gasteiger partial charge in [-0.15, -0.1) is 0 Å². The van der Waals surface area contributed by atoms with Crippen molar-refractivity contribution in [3.8, 4) is 0 Å². The lowest BCUT2D eigenvalue weighted by Gasteiger charge is -2.05. The molecule has 1 heterocycles. The van der Waals surface area contributed by atoms with Crippen LogP contribution in [-0.2, 0) is 13.1 Å². The van der Waals surface area contributed by atoms with E-state index in [0.29, 0.717) is 6.54 Å². The van der Waals surface area contributed by atoms with Gasteiger partial charge in [0.1, 0.15) is 6.26 Å². The fourth-order valence-corrected chi connectivity index (χ4v) is 1.35. The van der Waals surface area contributed by atoms with E-state index in [4.69, 9.17) is 10.3 Å². The highest BCUT2D eigenvalue weighted by Gasteiger charge is 1.98. The third kappa shape index (κ3) is 2.57. The van der Waals surface area contributed by atoms with Gasteiger partial charge in [0, 0.05) is 24.8 Å². The first kappa shape index (κ1) is 9.73. The molecule has 3 N–H and O–H groups in total. The van der Waals surface area contributed by atoms with Crippen LogP contribution in [0.15, 0.2) is 41.1 Å². The molecule has 0 amide bonds. The van der Waals surface area contributed by atoms with Crippen molar-refractivity contribution in [1.29, 1.82) is 0 Å². The van der Waals surface area contributed by atoms with E-state index in [1.807, 2.05) is 30.3 Å². The number of benzene rings is 1. The molecular formula is C11H13N3O. The van der Waals surface area contributed by atoms with Crippen molar-refractivity contribution < 1.29 is 4.52 Å². The molecule has 4 nitrogen and oxygen atoms in total. The van der Waals surface area contributed by atoms with Crippen molar-refractivity contribution in [2.24, 2.45) is 0 Å². The van der Waals surface area contributed by atoms with E-state index in [9.17, 15) is 0 Å². The third-order valence-electron chi connectivity index (χ3n) is 2.17. The van der Waals surface area contributed by atoms with E-state index in [-0.39, 0.29) is 0 Å². The lowest BCUT2D eigenvalue weighted by Crippen LogP contribution is -2.13. The number of nitrogens with two attached hydrogens (primary N) is 1. The highest BCUT2D eigenvalue weighted by molar-refractivity contribution is 5.46. The summed E-state index contributed by atoms with van der Waals surface area (Å²) in [5.74, 6) is 0. The summed E-state index contributed by atoms with van der Waals surface area (Å²) in [6.07, 6.45) is 1.56. The highest BCUT2D eigenvalue weighted by Crippen LogP contribution is 2.09. The SMILES string of the molecule is Nc1ccccc1CNCc1ccon1. The van der Waals surface area contributed by atoms with Crippen LogP contribution in [0.3, 0.4) is 0 Å². The molecule has 0 saturated heterocycles. The van der Waals surface area contributed by atoms with Gasteiger partial charge in [-0.3, -0.25) is 0 Å². The van der Waals surface area contributed by atoms with Crippen LogP contribution in [0.5, 0.6) is 0 Å². The average Bonchev–Trinajstić information content (AvgIpc) is 2.74. The highest BCUT2D eigenvalue weighted by atomic mass is 16.5. The Morgan fingerprint density at radius 1 is 1.20 bits per heavy atom. The van der Waals surface area contributed by atoms with Gasteiger partial charge in [0.05, 0.1) is 5.69 Å². The normalized spacial score (nSPS) is 10.4. The maximum absolute atomic E-state index is 5.81. The monoisotopic (exact) mass is 203 g/mol. The molecule has 0 fully saturated rings. The molecule has 0 bridgehead atoms. The number of hydrogen-bond donors (Lipinski definition) is 2. The van der Waals surface area contributed by atoms with Gasteiger partial charge in [0.2, 0.25) is 0 Å². The maximum atomic E-state index is 5.81. The predicted molar refractivity (Wildman–Crippen MR) is 57.9 cm³/mol. The van der Waals surface area contributed by atoms with Crippen LogP contribution < -0.4 is 11.1 Å². The van der Waals surface area contributed by atoms with Crippen LogP contribution in [0.4, 0.5) is 5.69 Å². The van der Waals surface area contributed by atoms with E-state index in [2.05, 4.69) is 10.5 Å². The van der Waals surface area contributed by atoms with E-state index < -0.39 is 0 Å². The number of hydrogen-bond acceptors (Lipinski definition) is 4. The van der Waals surface area contributed by atoms with Gasteiger partial charge < -0.3 is 15.6 Å². The standard InChI is InChI=1S/C11H13N3O/c12-11-4-2-1-3-9(11)7-13-8-10-5-6-15-14-10/h1-6,13H,7-8,12H2. The van der Waals surface area contributed by atoms with Gasteiger partial charge in [0.25, 0.3) is 0 Å². The predicted octanol–water partition coefficient (Wildman–Crippen LogP) is 1.55. The third-order valence-corrected chi connectivity index (χ3v) is 2.17. The van der Waals surface area contributed by atoms with Crippen LogP contribution >= 0.6 is 0 Å². The summed E-state index contributed by atoms with van der Waals surface area (Å²) in [6, 6.07) is 9.64. The summed E-state index contributed by atoms with van der Waals surface area (Å²) in [5, 5.41) is 7.04. The fraction of sp³-hybridized carbons (Fsp3) is 0.182. The summed E-state index contributed by atoms with van der Waals surface area (Å²) >= 11 is 0. The van der Waals surface area contributed by atoms with Gasteiger partial charge in [0.15, 0.2) is 0 Å². The quantitative estimate of drug-likeness (QED) is 0.740. The minimum atomic E-state index is 0.685. The molecule has 15 heavy (non-hydrogen) atoms. The number of para-hydroxylation sites is 1. The first-order chi connectivity index (χ1) is 7.36. The van der Waals surface area contributed by atoms with Gasteiger partial charge in [-0.05, 0) is 11.6 Å². The molecule has 0 aliphatic heterocycles. The van der Waals surface area contributed by atoms with Crippen LogP contribution in [0.1, 0.15) is 11.3 Å². The van der Waals surface area contributed by atoms with Crippen molar-refractivity contribution >= 4 is 5.69 Å². The van der Waals surface area contributed by atoms with Crippen molar-refractivity contribution in [3.63, 3.8) is 0 Å². The Hall–Kier alpha value is -1.81. The Morgan fingerprint density at radius 2 is 2.07 bits per heavy atom. The Labute approximate surface area is 88.1 Å². The van der Waals surface area contributed by atoms with Gasteiger partial charge in [-0.2, -0.15) is 0 Å². The molecule has 0 atom stereocenters. The van der Waals surface area contributed by atoms with Gasteiger partial charge >= 0.3 is 0 Å². The minimum Gasteiger partial charge on any atom is -0.398 e. The number of nitrogen functional groups attached to an aromatic ring is 1. The molecule has 0 aliphatic carbocycles. The lowest BCUT2D eigenvalue weighted by molar-refractivity contribution is 0.408. The summed E-state index contributed by atoms with van der Waals surface area (Å²) < 4.78 is 4.73. The number of nitrogens with zero attached hydrogens (tertiary/aromatic N) is 1. The Morgan fingerprint density at radius 3 is 2.80 bits per heavy atom. The summed E-state index contributed by atoms with van der Waals surface area (Å²) in [7, 11) is 0. The van der Waals surface area contributed by atoms with E-state index in [1.54, 1.807) is 6.26 Å². The summed E-state index contributed by atoms with van der Waals surface area (Å²) in [6.45, 7) is 1.42. The molecule has 2 aromatic rings. The molecule has 1 aromatic heterocycles. The number of nitrogens with one attached hydrogen (secondary N) is 1. The Kier molecular flexibility index (Phi) is 2.99. The number of rotatable bonds is 4. The molecule has 2 rings (SSSR count). The van der Waals surface area contributed by atoms with Crippen molar-refractivity contribution in [2.45, 2.75) is 13.1 Å². The second-order valence-electron chi connectivity index (χ2n) is 3.29. The van der Waals surface area contributed by atoms with Crippen molar-refractivity contribution in [3.05, 3.63) is 47.9 Å². The van der Waals surface area contributed by atoms with Crippen LogP contribution in [0, 0.1) is 0 Å². The van der Waals surface area contributed by atoms with E-state index in [1.165, 1.54) is 0 Å². The van der Waals surface area contributed by atoms with E-state index in [0.717, 1.165) is 23.5 Å². The zero-order valence-electron chi connectivity index (χ0n) is 8.31. The molecule has 0 spiro atoms. The topological polar surface area (TPSA) is 64.1 Å². The summed E-state index contributed by atoms with van der Waals surface area (Å²) in [4.78, 5) is 0. The molecule has 1 aromatic carbocycles. The molecular weight excluding hydrogens is 190 g/mol. The van der Waals surface area contributed by atoms with Crippen LogP contribution in [-0.4, -0.2) is 5.16 Å². The molecule has 0 saturated carbocycles. The molecule has 4 heteroatoms. The van der Waals surface area contributed by atoms with Crippen molar-refractivity contribution in [2.75, 3.05) is 5.73 Å². The zero-order valence-corrected chi connectivity index (χ0v) is 8.31. The zero-order chi connectivity index (χ0) is 10.5. The summed E-state index contributed by atoms with van der Waals surface area (Å²) in [5.41, 5.74) is 8.61. The second kappa shape index (κ2) is 4.61. The minimum absolute atomic E-state index is 0.685. The number of anilines is 1. The molecule has 0 aliphatic rings. The second-order valence-corrected chi connectivity index (χ2v) is 3.29. The van der Waals surface area contributed by atoms with Crippen molar-refractivity contribution in [1.82, 2.24) is 10.5 Å². The van der Waals surface area contributed by atoms with Crippen LogP contribution in [0.25, 0.3) is 0 Å². The smallest absolute Gasteiger partial charge is 0.124 e. The average molecular weight is 203 g/mol.